The van der Waals surface area contributed by atoms with E-state index in [2.05, 4.69) is 4.74 Å². The molecule has 0 bridgehead atoms. The molecule has 82 valence electrons. The molecule has 0 spiro atoms. The largest absolute Gasteiger partial charge is 0.469 e. The van der Waals surface area contributed by atoms with Gasteiger partial charge in [-0.15, -0.1) is 11.8 Å². The van der Waals surface area contributed by atoms with Gasteiger partial charge in [0.25, 0.3) is 0 Å². The molecule has 0 aromatic heterocycles. The van der Waals surface area contributed by atoms with E-state index in [0.717, 1.165) is 16.3 Å². The van der Waals surface area contributed by atoms with E-state index in [9.17, 15) is 4.79 Å². The molecule has 0 amide bonds. The van der Waals surface area contributed by atoms with Crippen molar-refractivity contribution in [2.75, 3.05) is 18.6 Å². The van der Waals surface area contributed by atoms with Gasteiger partial charge in [0.15, 0.2) is 0 Å². The molecule has 2 N–H and O–H groups in total. The standard InChI is InChI=1S/C11H15NO2S/c1-8(11(13)14-2)7-15-10-5-3-9(12)4-6-10/h3-6,8H,7,12H2,1-2H3. The van der Waals surface area contributed by atoms with Crippen molar-refractivity contribution in [1.29, 1.82) is 0 Å². The molecule has 1 aromatic rings. The third kappa shape index (κ3) is 3.83. The average Bonchev–Trinajstić information content (AvgIpc) is 2.26. The van der Waals surface area contributed by atoms with Crippen molar-refractivity contribution in [1.82, 2.24) is 0 Å². The van der Waals surface area contributed by atoms with Gasteiger partial charge in [0.1, 0.15) is 0 Å². The molecule has 0 radical (unpaired) electrons. The lowest BCUT2D eigenvalue weighted by Crippen LogP contribution is -2.14. The van der Waals surface area contributed by atoms with E-state index >= 15 is 0 Å². The molecule has 4 heteroatoms. The molecule has 15 heavy (non-hydrogen) atoms. The summed E-state index contributed by atoms with van der Waals surface area (Å²) < 4.78 is 4.65. The number of benzene rings is 1. The Morgan fingerprint density at radius 1 is 1.47 bits per heavy atom. The van der Waals surface area contributed by atoms with Crippen LogP contribution < -0.4 is 5.73 Å². The second-order valence-corrected chi connectivity index (χ2v) is 4.40. The molecule has 0 saturated heterocycles. The first-order valence-electron chi connectivity index (χ1n) is 4.69. The van der Waals surface area contributed by atoms with Crippen molar-refractivity contribution in [2.24, 2.45) is 5.92 Å². The van der Waals surface area contributed by atoms with Crippen LogP contribution in [0.4, 0.5) is 5.69 Å². The number of hydrogen-bond acceptors (Lipinski definition) is 4. The number of esters is 1. The topological polar surface area (TPSA) is 52.3 Å². The van der Waals surface area contributed by atoms with Crippen molar-refractivity contribution in [3.05, 3.63) is 24.3 Å². The lowest BCUT2D eigenvalue weighted by atomic mass is 10.2. The monoisotopic (exact) mass is 225 g/mol. The Hall–Kier alpha value is -1.16. The van der Waals surface area contributed by atoms with Crippen LogP contribution in [0, 0.1) is 5.92 Å². The number of carbonyl (C=O) groups excluding carboxylic acids is 1. The summed E-state index contributed by atoms with van der Waals surface area (Å²) in [6, 6.07) is 7.60. The van der Waals surface area contributed by atoms with Gasteiger partial charge in [-0.1, -0.05) is 6.92 Å². The van der Waals surface area contributed by atoms with E-state index in [1.54, 1.807) is 11.8 Å². The maximum atomic E-state index is 11.1. The lowest BCUT2D eigenvalue weighted by molar-refractivity contribution is -0.143. The highest BCUT2D eigenvalue weighted by atomic mass is 32.2. The predicted molar refractivity (Wildman–Crippen MR) is 62.8 cm³/mol. The van der Waals surface area contributed by atoms with Gasteiger partial charge in [-0.05, 0) is 24.3 Å². The van der Waals surface area contributed by atoms with Crippen LogP contribution in [0.25, 0.3) is 0 Å². The van der Waals surface area contributed by atoms with Crippen LogP contribution in [0.1, 0.15) is 6.92 Å². The minimum absolute atomic E-state index is 0.0856. The number of thioether (sulfide) groups is 1. The number of rotatable bonds is 4. The predicted octanol–water partition coefficient (Wildman–Crippen LogP) is 2.17. The fraction of sp³-hybridized carbons (Fsp3) is 0.364. The van der Waals surface area contributed by atoms with Crippen LogP contribution in [-0.2, 0) is 9.53 Å². The summed E-state index contributed by atoms with van der Waals surface area (Å²) >= 11 is 1.62. The number of anilines is 1. The zero-order valence-corrected chi connectivity index (χ0v) is 9.71. The summed E-state index contributed by atoms with van der Waals surface area (Å²) in [7, 11) is 1.41. The second-order valence-electron chi connectivity index (χ2n) is 3.30. The number of ether oxygens (including phenoxy) is 1. The molecule has 0 fully saturated rings. The van der Waals surface area contributed by atoms with E-state index in [1.807, 2.05) is 31.2 Å². The SMILES string of the molecule is COC(=O)C(C)CSc1ccc(N)cc1. The molecule has 1 aromatic carbocycles. The molecule has 3 nitrogen and oxygen atoms in total. The molecular formula is C11H15NO2S. The molecule has 0 heterocycles. The summed E-state index contributed by atoms with van der Waals surface area (Å²) in [5.74, 6) is 0.465. The van der Waals surface area contributed by atoms with Crippen LogP contribution in [-0.4, -0.2) is 18.8 Å². The second kappa shape index (κ2) is 5.66. The van der Waals surface area contributed by atoms with Crippen LogP contribution >= 0.6 is 11.8 Å². The molecule has 1 rings (SSSR count). The van der Waals surface area contributed by atoms with Crippen LogP contribution in [0.2, 0.25) is 0 Å². The molecule has 1 atom stereocenters. The number of hydrogen-bond donors (Lipinski definition) is 1. The van der Waals surface area contributed by atoms with Gasteiger partial charge in [-0.25, -0.2) is 0 Å². The zero-order valence-electron chi connectivity index (χ0n) is 8.90. The molecule has 1 unspecified atom stereocenters. The fourth-order valence-corrected chi connectivity index (χ4v) is 1.96. The highest BCUT2D eigenvalue weighted by molar-refractivity contribution is 7.99. The van der Waals surface area contributed by atoms with Crippen LogP contribution in [0.3, 0.4) is 0 Å². The summed E-state index contributed by atoms with van der Waals surface area (Å²) in [5, 5.41) is 0. The number of carbonyl (C=O) groups is 1. The zero-order chi connectivity index (χ0) is 11.3. The van der Waals surface area contributed by atoms with Crippen molar-refractivity contribution in [3.63, 3.8) is 0 Å². The lowest BCUT2D eigenvalue weighted by Gasteiger charge is -2.08. The number of methoxy groups -OCH3 is 1. The summed E-state index contributed by atoms with van der Waals surface area (Å²) in [6.45, 7) is 1.86. The maximum absolute atomic E-state index is 11.1. The maximum Gasteiger partial charge on any atom is 0.309 e. The number of nitrogen functional groups attached to an aromatic ring is 1. The Morgan fingerprint density at radius 3 is 2.60 bits per heavy atom. The first-order valence-corrected chi connectivity index (χ1v) is 5.68. The van der Waals surface area contributed by atoms with Crippen LogP contribution in [0.5, 0.6) is 0 Å². The molecule has 0 saturated carbocycles. The van der Waals surface area contributed by atoms with Gasteiger partial charge < -0.3 is 10.5 Å². The Labute approximate surface area is 94.0 Å². The van der Waals surface area contributed by atoms with E-state index in [-0.39, 0.29) is 11.9 Å². The van der Waals surface area contributed by atoms with E-state index in [0.29, 0.717) is 0 Å². The Bertz CT molecular complexity index is 324. The molecular weight excluding hydrogens is 210 g/mol. The molecule has 0 aliphatic carbocycles. The van der Waals surface area contributed by atoms with E-state index in [4.69, 9.17) is 5.73 Å². The van der Waals surface area contributed by atoms with Gasteiger partial charge in [-0.2, -0.15) is 0 Å². The van der Waals surface area contributed by atoms with Gasteiger partial charge in [0.2, 0.25) is 0 Å². The molecule has 0 aliphatic rings. The Kier molecular flexibility index (Phi) is 4.49. The van der Waals surface area contributed by atoms with Crippen LogP contribution in [0.15, 0.2) is 29.2 Å². The summed E-state index contributed by atoms with van der Waals surface area (Å²) in [4.78, 5) is 12.2. The average molecular weight is 225 g/mol. The van der Waals surface area contributed by atoms with E-state index in [1.165, 1.54) is 7.11 Å². The fourth-order valence-electron chi connectivity index (χ4n) is 1.05. The minimum Gasteiger partial charge on any atom is -0.469 e. The summed E-state index contributed by atoms with van der Waals surface area (Å²) in [6.07, 6.45) is 0. The molecule has 0 aliphatic heterocycles. The minimum atomic E-state index is -0.169. The number of nitrogens with two attached hydrogens (primary N) is 1. The quantitative estimate of drug-likeness (QED) is 0.485. The van der Waals surface area contributed by atoms with Crippen molar-refractivity contribution in [3.8, 4) is 0 Å². The smallest absolute Gasteiger partial charge is 0.309 e. The van der Waals surface area contributed by atoms with Crippen molar-refractivity contribution < 1.29 is 9.53 Å². The Morgan fingerprint density at radius 2 is 2.07 bits per heavy atom. The van der Waals surface area contributed by atoms with Crippen molar-refractivity contribution in [2.45, 2.75) is 11.8 Å². The Balaban J connectivity index is 2.43. The first kappa shape index (κ1) is 11.9. The normalized spacial score (nSPS) is 12.1. The highest BCUT2D eigenvalue weighted by Crippen LogP contribution is 2.21. The third-order valence-electron chi connectivity index (χ3n) is 1.98. The van der Waals surface area contributed by atoms with Gasteiger partial charge in [0, 0.05) is 16.3 Å². The van der Waals surface area contributed by atoms with Gasteiger partial charge in [-0.3, -0.25) is 4.79 Å². The van der Waals surface area contributed by atoms with Gasteiger partial charge >= 0.3 is 5.97 Å². The third-order valence-corrected chi connectivity index (χ3v) is 3.26. The van der Waals surface area contributed by atoms with E-state index < -0.39 is 0 Å². The van der Waals surface area contributed by atoms with Gasteiger partial charge in [0.05, 0.1) is 13.0 Å². The first-order chi connectivity index (χ1) is 7.13. The highest BCUT2D eigenvalue weighted by Gasteiger charge is 2.12. The van der Waals surface area contributed by atoms with Crippen molar-refractivity contribution >= 4 is 23.4 Å². The summed E-state index contributed by atoms with van der Waals surface area (Å²) in [5.41, 5.74) is 6.32.